The van der Waals surface area contributed by atoms with Crippen molar-refractivity contribution in [2.24, 2.45) is 0 Å². The summed E-state index contributed by atoms with van der Waals surface area (Å²) in [5.41, 5.74) is 3.16. The lowest BCUT2D eigenvalue weighted by Crippen LogP contribution is -2.38. The first kappa shape index (κ1) is 18.5. The molecular formula is C20H22FN5O2. The maximum Gasteiger partial charge on any atom is 0.316 e. The highest BCUT2D eigenvalue weighted by Crippen LogP contribution is 2.30. The van der Waals surface area contributed by atoms with Gasteiger partial charge in [0.05, 0.1) is 43.7 Å². The van der Waals surface area contributed by atoms with Gasteiger partial charge in [-0.05, 0) is 30.3 Å². The van der Waals surface area contributed by atoms with Crippen molar-refractivity contribution in [2.45, 2.75) is 6.54 Å². The quantitative estimate of drug-likeness (QED) is 0.652. The van der Waals surface area contributed by atoms with E-state index in [1.807, 2.05) is 12.4 Å². The van der Waals surface area contributed by atoms with Gasteiger partial charge in [0.2, 0.25) is 0 Å². The molecule has 2 aromatic heterocycles. The lowest BCUT2D eigenvalue weighted by molar-refractivity contribution is 0.0364. The first-order chi connectivity index (χ1) is 13.7. The van der Waals surface area contributed by atoms with Gasteiger partial charge >= 0.3 is 6.01 Å². The molecule has 1 aromatic carbocycles. The van der Waals surface area contributed by atoms with Crippen molar-refractivity contribution in [2.75, 3.05) is 40.0 Å². The highest BCUT2D eigenvalue weighted by atomic mass is 19.1. The molecule has 0 unspecified atom stereocenters. The maximum absolute atomic E-state index is 13.4. The molecule has 1 aliphatic heterocycles. The van der Waals surface area contributed by atoms with Crippen LogP contribution in [0.25, 0.3) is 22.6 Å². The van der Waals surface area contributed by atoms with Crippen LogP contribution in [0.4, 0.5) is 4.39 Å². The van der Waals surface area contributed by atoms with Gasteiger partial charge in [0.15, 0.2) is 0 Å². The standard InChI is InChI=1S/C20H22FN5O2/c1-27-20-22-7-6-17(24-20)19-18(15-2-4-16(21)5-3-15)23-14-26(19)9-8-25-10-12-28-13-11-25/h2-7,14H,8-13H2,1H3. The van der Waals surface area contributed by atoms with Gasteiger partial charge in [-0.1, -0.05) is 0 Å². The monoisotopic (exact) mass is 383 g/mol. The summed E-state index contributed by atoms with van der Waals surface area (Å²) in [6.07, 6.45) is 3.47. The van der Waals surface area contributed by atoms with Crippen LogP contribution in [0.3, 0.4) is 0 Å². The van der Waals surface area contributed by atoms with Gasteiger partial charge < -0.3 is 14.0 Å². The third-order valence-electron chi connectivity index (χ3n) is 4.77. The van der Waals surface area contributed by atoms with Crippen LogP contribution < -0.4 is 4.74 Å². The van der Waals surface area contributed by atoms with E-state index in [1.54, 1.807) is 18.3 Å². The van der Waals surface area contributed by atoms with Crippen molar-refractivity contribution in [1.82, 2.24) is 24.4 Å². The third-order valence-corrected chi connectivity index (χ3v) is 4.77. The van der Waals surface area contributed by atoms with E-state index >= 15 is 0 Å². The van der Waals surface area contributed by atoms with Gasteiger partial charge in [-0.15, -0.1) is 0 Å². The van der Waals surface area contributed by atoms with E-state index in [0.29, 0.717) is 11.7 Å². The number of imidazole rings is 1. The number of hydrogen-bond donors (Lipinski definition) is 0. The maximum atomic E-state index is 13.4. The van der Waals surface area contributed by atoms with E-state index in [9.17, 15) is 4.39 Å². The van der Waals surface area contributed by atoms with E-state index in [1.165, 1.54) is 19.2 Å². The van der Waals surface area contributed by atoms with Crippen molar-refractivity contribution in [1.29, 1.82) is 0 Å². The van der Waals surface area contributed by atoms with Crippen LogP contribution >= 0.6 is 0 Å². The Morgan fingerprint density at radius 1 is 1.07 bits per heavy atom. The Labute approximate surface area is 162 Å². The molecule has 0 aliphatic carbocycles. The molecule has 146 valence electrons. The molecule has 7 nitrogen and oxygen atoms in total. The largest absolute Gasteiger partial charge is 0.467 e. The molecule has 0 saturated carbocycles. The zero-order valence-electron chi connectivity index (χ0n) is 15.7. The number of halogens is 1. The Morgan fingerprint density at radius 2 is 1.86 bits per heavy atom. The highest BCUT2D eigenvalue weighted by Gasteiger charge is 2.18. The number of rotatable bonds is 6. The minimum Gasteiger partial charge on any atom is -0.467 e. The number of aromatic nitrogens is 4. The zero-order chi connectivity index (χ0) is 19.3. The predicted molar refractivity (Wildman–Crippen MR) is 102 cm³/mol. The molecule has 8 heteroatoms. The average Bonchev–Trinajstić information content (AvgIpc) is 3.17. The SMILES string of the molecule is COc1nccc(-c2c(-c3ccc(F)cc3)ncn2CCN2CCOCC2)n1. The van der Waals surface area contributed by atoms with E-state index in [2.05, 4.69) is 24.4 Å². The van der Waals surface area contributed by atoms with Crippen LogP contribution in [0.2, 0.25) is 0 Å². The molecule has 0 bridgehead atoms. The highest BCUT2D eigenvalue weighted by molar-refractivity contribution is 5.76. The molecule has 1 saturated heterocycles. The lowest BCUT2D eigenvalue weighted by Gasteiger charge is -2.26. The van der Waals surface area contributed by atoms with E-state index in [-0.39, 0.29) is 5.82 Å². The molecule has 0 atom stereocenters. The molecule has 3 heterocycles. The van der Waals surface area contributed by atoms with Crippen LogP contribution in [0.5, 0.6) is 6.01 Å². The summed E-state index contributed by atoms with van der Waals surface area (Å²) in [4.78, 5) is 15.6. The smallest absolute Gasteiger partial charge is 0.316 e. The number of benzene rings is 1. The van der Waals surface area contributed by atoms with Crippen LogP contribution in [0.15, 0.2) is 42.9 Å². The van der Waals surface area contributed by atoms with Gasteiger partial charge in [0, 0.05) is 37.9 Å². The number of nitrogens with zero attached hydrogens (tertiary/aromatic N) is 5. The molecule has 3 aromatic rings. The topological polar surface area (TPSA) is 65.3 Å². The average molecular weight is 383 g/mol. The normalized spacial score (nSPS) is 14.9. The summed E-state index contributed by atoms with van der Waals surface area (Å²) >= 11 is 0. The van der Waals surface area contributed by atoms with E-state index in [0.717, 1.165) is 56.3 Å². The number of methoxy groups -OCH3 is 1. The molecule has 0 amide bonds. The fourth-order valence-electron chi connectivity index (χ4n) is 3.28. The van der Waals surface area contributed by atoms with Crippen LogP contribution in [0, 0.1) is 5.82 Å². The van der Waals surface area contributed by atoms with Crippen LogP contribution in [-0.4, -0.2) is 64.4 Å². The Balaban J connectivity index is 1.69. The van der Waals surface area contributed by atoms with Crippen molar-refractivity contribution >= 4 is 0 Å². The Morgan fingerprint density at radius 3 is 2.61 bits per heavy atom. The fourth-order valence-corrected chi connectivity index (χ4v) is 3.28. The first-order valence-electron chi connectivity index (χ1n) is 9.23. The third kappa shape index (κ3) is 4.02. The summed E-state index contributed by atoms with van der Waals surface area (Å²) in [6, 6.07) is 8.46. The Kier molecular flexibility index (Phi) is 5.59. The molecule has 1 aliphatic rings. The predicted octanol–water partition coefficient (Wildman–Crippen LogP) is 2.49. The van der Waals surface area contributed by atoms with E-state index in [4.69, 9.17) is 9.47 Å². The second-order valence-corrected chi connectivity index (χ2v) is 6.52. The first-order valence-corrected chi connectivity index (χ1v) is 9.23. The molecule has 1 fully saturated rings. The fraction of sp³-hybridized carbons (Fsp3) is 0.350. The zero-order valence-corrected chi connectivity index (χ0v) is 15.7. The van der Waals surface area contributed by atoms with Crippen LogP contribution in [0.1, 0.15) is 0 Å². The minimum atomic E-state index is -0.277. The Bertz CT molecular complexity index is 923. The molecule has 4 rings (SSSR count). The number of ether oxygens (including phenoxy) is 2. The molecule has 0 radical (unpaired) electrons. The summed E-state index contributed by atoms with van der Waals surface area (Å²) in [6.45, 7) is 5.03. The molecule has 0 spiro atoms. The molecule has 0 N–H and O–H groups in total. The Hall–Kier alpha value is -2.84. The summed E-state index contributed by atoms with van der Waals surface area (Å²) in [5.74, 6) is -0.277. The second kappa shape index (κ2) is 8.45. The van der Waals surface area contributed by atoms with Crippen molar-refractivity contribution in [3.8, 4) is 28.7 Å². The summed E-state index contributed by atoms with van der Waals surface area (Å²) in [7, 11) is 1.54. The second-order valence-electron chi connectivity index (χ2n) is 6.52. The van der Waals surface area contributed by atoms with Gasteiger partial charge in [-0.3, -0.25) is 4.90 Å². The van der Waals surface area contributed by atoms with Gasteiger partial charge in [0.1, 0.15) is 5.82 Å². The van der Waals surface area contributed by atoms with Crippen molar-refractivity contribution in [3.05, 3.63) is 48.7 Å². The minimum absolute atomic E-state index is 0.277. The summed E-state index contributed by atoms with van der Waals surface area (Å²) in [5, 5.41) is 0. The van der Waals surface area contributed by atoms with Gasteiger partial charge in [0.25, 0.3) is 0 Å². The van der Waals surface area contributed by atoms with Gasteiger partial charge in [-0.25, -0.2) is 14.4 Å². The summed E-state index contributed by atoms with van der Waals surface area (Å²) < 4.78 is 26.1. The molecule has 28 heavy (non-hydrogen) atoms. The van der Waals surface area contributed by atoms with Gasteiger partial charge in [-0.2, -0.15) is 4.98 Å². The number of morpholine rings is 1. The van der Waals surface area contributed by atoms with Crippen molar-refractivity contribution in [3.63, 3.8) is 0 Å². The lowest BCUT2D eigenvalue weighted by atomic mass is 10.1. The van der Waals surface area contributed by atoms with Crippen molar-refractivity contribution < 1.29 is 13.9 Å². The van der Waals surface area contributed by atoms with E-state index < -0.39 is 0 Å². The molecular weight excluding hydrogens is 361 g/mol. The van der Waals surface area contributed by atoms with Crippen LogP contribution in [-0.2, 0) is 11.3 Å². The number of hydrogen-bond acceptors (Lipinski definition) is 6.